The van der Waals surface area contributed by atoms with E-state index in [1.165, 1.54) is 0 Å². The third-order valence-corrected chi connectivity index (χ3v) is 5.96. The highest BCUT2D eigenvalue weighted by Gasteiger charge is 2.34. The highest BCUT2D eigenvalue weighted by molar-refractivity contribution is 5.88. The quantitative estimate of drug-likeness (QED) is 0.569. The van der Waals surface area contributed by atoms with E-state index in [1.54, 1.807) is 31.8 Å². The van der Waals surface area contributed by atoms with Crippen molar-refractivity contribution in [2.75, 3.05) is 43.9 Å². The number of aromatic nitrogens is 2. The summed E-state index contributed by atoms with van der Waals surface area (Å²) in [6.45, 7) is 7.39. The minimum Gasteiger partial charge on any atom is -0.497 e. The second kappa shape index (κ2) is 9.04. The first-order valence-electron chi connectivity index (χ1n) is 10.5. The summed E-state index contributed by atoms with van der Waals surface area (Å²) in [5.41, 5.74) is 8.49. The van der Waals surface area contributed by atoms with Gasteiger partial charge in [0.15, 0.2) is 5.82 Å². The molecule has 2 aromatic rings. The summed E-state index contributed by atoms with van der Waals surface area (Å²) >= 11 is 0. The monoisotopic (exact) mass is 417 g/mol. The number of anilines is 2. The van der Waals surface area contributed by atoms with Crippen LogP contribution in [0.1, 0.15) is 30.0 Å². The van der Waals surface area contributed by atoms with Crippen LogP contribution in [0.2, 0.25) is 0 Å². The van der Waals surface area contributed by atoms with Crippen LogP contribution in [0.4, 0.5) is 11.5 Å². The molecule has 0 amide bonds. The number of hydrogen-bond donors (Lipinski definition) is 1. The molecule has 31 heavy (non-hydrogen) atoms. The van der Waals surface area contributed by atoms with E-state index < -0.39 is 0 Å². The minimum absolute atomic E-state index is 0.148. The second-order valence-electron chi connectivity index (χ2n) is 7.93. The molecule has 0 unspecified atom stereocenters. The van der Waals surface area contributed by atoms with Gasteiger partial charge in [-0.25, -0.2) is 9.98 Å². The van der Waals surface area contributed by atoms with Crippen LogP contribution >= 0.6 is 0 Å². The van der Waals surface area contributed by atoms with Crippen LogP contribution in [-0.4, -0.2) is 54.4 Å². The van der Waals surface area contributed by atoms with E-state index in [1.807, 2.05) is 12.1 Å². The van der Waals surface area contributed by atoms with Crippen molar-refractivity contribution in [2.45, 2.75) is 18.8 Å². The summed E-state index contributed by atoms with van der Waals surface area (Å²) in [4.78, 5) is 18.1. The Hall–Kier alpha value is -3.60. The summed E-state index contributed by atoms with van der Waals surface area (Å²) < 4.78 is 5.25. The molecule has 0 radical (unpaired) electrons. The van der Waals surface area contributed by atoms with Crippen molar-refractivity contribution in [1.29, 1.82) is 5.26 Å². The molecule has 2 N–H and O–H groups in total. The SMILES string of the molecule is C=C(/N=C\c1cc(OC)ccc1N)N1CC(c2nccnc2N2CCC(C#N)CC2)C1. The molecule has 1 aromatic carbocycles. The number of nitriles is 1. The fourth-order valence-electron chi connectivity index (χ4n) is 3.97. The predicted octanol–water partition coefficient (Wildman–Crippen LogP) is 2.80. The maximum atomic E-state index is 9.14. The molecule has 2 saturated heterocycles. The zero-order valence-corrected chi connectivity index (χ0v) is 17.7. The zero-order valence-electron chi connectivity index (χ0n) is 17.7. The van der Waals surface area contributed by atoms with E-state index in [9.17, 15) is 0 Å². The largest absolute Gasteiger partial charge is 0.497 e. The molecular weight excluding hydrogens is 390 g/mol. The Balaban J connectivity index is 1.38. The molecule has 8 heteroatoms. The molecule has 1 aromatic heterocycles. The van der Waals surface area contributed by atoms with Gasteiger partial charge < -0.3 is 20.3 Å². The van der Waals surface area contributed by atoms with Crippen LogP contribution in [0.25, 0.3) is 0 Å². The molecule has 8 nitrogen and oxygen atoms in total. The van der Waals surface area contributed by atoms with Crippen molar-refractivity contribution >= 4 is 17.7 Å². The van der Waals surface area contributed by atoms with Crippen molar-refractivity contribution in [2.24, 2.45) is 10.9 Å². The second-order valence-corrected chi connectivity index (χ2v) is 7.93. The van der Waals surface area contributed by atoms with E-state index in [4.69, 9.17) is 15.7 Å². The summed E-state index contributed by atoms with van der Waals surface area (Å²) in [7, 11) is 1.62. The summed E-state index contributed by atoms with van der Waals surface area (Å²) in [6.07, 6.45) is 6.97. The van der Waals surface area contributed by atoms with Gasteiger partial charge in [0.1, 0.15) is 11.6 Å². The van der Waals surface area contributed by atoms with E-state index in [-0.39, 0.29) is 11.8 Å². The molecule has 3 heterocycles. The van der Waals surface area contributed by atoms with Gasteiger partial charge in [0.25, 0.3) is 0 Å². The van der Waals surface area contributed by atoms with Crippen molar-refractivity contribution < 1.29 is 4.74 Å². The number of rotatable bonds is 6. The highest BCUT2D eigenvalue weighted by Crippen LogP contribution is 2.34. The van der Waals surface area contributed by atoms with Gasteiger partial charge in [-0.2, -0.15) is 5.26 Å². The lowest BCUT2D eigenvalue weighted by atomic mass is 9.94. The van der Waals surface area contributed by atoms with Gasteiger partial charge in [0.2, 0.25) is 0 Å². The highest BCUT2D eigenvalue weighted by atomic mass is 16.5. The molecule has 2 fully saturated rings. The average molecular weight is 418 g/mol. The predicted molar refractivity (Wildman–Crippen MR) is 121 cm³/mol. The van der Waals surface area contributed by atoms with Crippen molar-refractivity contribution in [3.05, 3.63) is 54.3 Å². The van der Waals surface area contributed by atoms with Gasteiger partial charge in [-0.15, -0.1) is 0 Å². The number of likely N-dealkylation sites (tertiary alicyclic amines) is 1. The standard InChI is InChI=1S/C23H27N7O/c1-16(28-13-18-11-20(31-2)3-4-21(18)25)30-14-19(15-30)22-23(27-8-7-26-22)29-9-5-17(12-24)6-10-29/h3-4,7-8,11,13,17,19H,1,5-6,9-10,14-15,25H2,2H3/b28-13-. The number of ether oxygens (including phenoxy) is 1. The van der Waals surface area contributed by atoms with Crippen LogP contribution < -0.4 is 15.4 Å². The fraction of sp³-hybridized carbons (Fsp3) is 0.391. The number of benzene rings is 1. The number of methoxy groups -OCH3 is 1. The Morgan fingerprint density at radius 2 is 2.03 bits per heavy atom. The van der Waals surface area contributed by atoms with Crippen LogP contribution in [0.5, 0.6) is 5.75 Å². The molecule has 0 atom stereocenters. The lowest BCUT2D eigenvalue weighted by Crippen LogP contribution is -2.45. The summed E-state index contributed by atoms with van der Waals surface area (Å²) in [5.74, 6) is 2.81. The number of nitrogens with zero attached hydrogens (tertiary/aromatic N) is 6. The molecule has 2 aliphatic rings. The number of aliphatic imine (C=N–C) groups is 1. The first-order chi connectivity index (χ1) is 15.1. The molecule has 0 spiro atoms. The topological polar surface area (TPSA) is 104 Å². The summed E-state index contributed by atoms with van der Waals surface area (Å²) in [5, 5.41) is 9.14. The van der Waals surface area contributed by atoms with Gasteiger partial charge in [-0.1, -0.05) is 6.58 Å². The molecule has 4 rings (SSSR count). The van der Waals surface area contributed by atoms with Crippen molar-refractivity contribution in [3.63, 3.8) is 0 Å². The first kappa shape index (κ1) is 20.7. The smallest absolute Gasteiger partial charge is 0.150 e. The van der Waals surface area contributed by atoms with E-state index in [2.05, 4.69) is 37.4 Å². The normalized spacial score (nSPS) is 17.4. The first-order valence-corrected chi connectivity index (χ1v) is 10.5. The van der Waals surface area contributed by atoms with E-state index >= 15 is 0 Å². The van der Waals surface area contributed by atoms with E-state index in [0.29, 0.717) is 11.5 Å². The maximum absolute atomic E-state index is 9.14. The van der Waals surface area contributed by atoms with Gasteiger partial charge in [0.05, 0.1) is 18.9 Å². The van der Waals surface area contributed by atoms with Gasteiger partial charge in [0, 0.05) is 67.9 Å². The Morgan fingerprint density at radius 3 is 2.74 bits per heavy atom. The molecule has 160 valence electrons. The molecule has 0 aliphatic carbocycles. The lowest BCUT2D eigenvalue weighted by molar-refractivity contribution is 0.195. The average Bonchev–Trinajstić information content (AvgIpc) is 2.78. The van der Waals surface area contributed by atoms with Crippen molar-refractivity contribution in [1.82, 2.24) is 14.9 Å². The van der Waals surface area contributed by atoms with Crippen LogP contribution in [0.3, 0.4) is 0 Å². The third kappa shape index (κ3) is 4.45. The van der Waals surface area contributed by atoms with Gasteiger partial charge >= 0.3 is 0 Å². The lowest BCUT2D eigenvalue weighted by Gasteiger charge is -2.41. The van der Waals surface area contributed by atoms with Gasteiger partial charge in [-0.3, -0.25) is 4.98 Å². The Bertz CT molecular complexity index is 1010. The zero-order chi connectivity index (χ0) is 21.8. The van der Waals surface area contributed by atoms with Crippen LogP contribution in [0.15, 0.2) is 48.0 Å². The molecule has 2 aliphatic heterocycles. The Kier molecular flexibility index (Phi) is 6.03. The third-order valence-electron chi connectivity index (χ3n) is 5.96. The Morgan fingerprint density at radius 1 is 1.29 bits per heavy atom. The van der Waals surface area contributed by atoms with Crippen LogP contribution in [0, 0.1) is 17.2 Å². The number of nitrogen functional groups attached to an aromatic ring is 1. The van der Waals surface area contributed by atoms with Crippen molar-refractivity contribution in [3.8, 4) is 11.8 Å². The Labute approximate surface area is 182 Å². The van der Waals surface area contributed by atoms with Crippen LogP contribution in [-0.2, 0) is 0 Å². The maximum Gasteiger partial charge on any atom is 0.150 e. The van der Waals surface area contributed by atoms with E-state index in [0.717, 1.165) is 61.8 Å². The minimum atomic E-state index is 0.148. The van der Waals surface area contributed by atoms with Gasteiger partial charge in [-0.05, 0) is 31.0 Å². The number of hydrogen-bond acceptors (Lipinski definition) is 8. The summed E-state index contributed by atoms with van der Waals surface area (Å²) in [6, 6.07) is 7.86. The number of piperidine rings is 1. The fourth-order valence-corrected chi connectivity index (χ4v) is 3.97. The molecule has 0 bridgehead atoms. The molecular formula is C23H27N7O. The number of nitrogens with two attached hydrogens (primary N) is 1. The molecule has 0 saturated carbocycles.